The number of ether oxygens (including phenoxy) is 1. The van der Waals surface area contributed by atoms with E-state index in [0.717, 1.165) is 0 Å². The molecule has 1 aliphatic heterocycles. The summed E-state index contributed by atoms with van der Waals surface area (Å²) >= 11 is 0. The molecule has 0 bridgehead atoms. The Hall–Kier alpha value is -2.64. The van der Waals surface area contributed by atoms with E-state index >= 15 is 0 Å². The molecule has 1 saturated heterocycles. The molecule has 4 amide bonds. The van der Waals surface area contributed by atoms with Crippen molar-refractivity contribution in [2.45, 2.75) is 18.9 Å². The minimum Gasteiger partial charge on any atom is -0.480 e. The smallest absolute Gasteiger partial charge is 0.322 e. The molecule has 0 spiro atoms. The van der Waals surface area contributed by atoms with Crippen LogP contribution in [0.4, 0.5) is 10.5 Å². The molecule has 1 fully saturated rings. The molecule has 1 aliphatic rings. The summed E-state index contributed by atoms with van der Waals surface area (Å²) in [6.07, 6.45) is 1.87. The summed E-state index contributed by atoms with van der Waals surface area (Å²) in [5.41, 5.74) is 0.458. The third-order valence-electron chi connectivity index (χ3n) is 2.76. The van der Waals surface area contributed by atoms with E-state index in [-0.39, 0.29) is 18.7 Å². The standard InChI is InChI=1S/C12H14N4O4/c1-20-11-8(3-2-6-13-11)14-9(17)5-4-7-10(18)16-12(19)15-7/h2-3,6-7H,4-5H2,1H3,(H,14,17)(H2,15,16,18,19). The number of carbonyl (C=O) groups excluding carboxylic acids is 3. The zero-order valence-electron chi connectivity index (χ0n) is 10.8. The molecule has 0 aliphatic carbocycles. The van der Waals surface area contributed by atoms with Gasteiger partial charge in [0.15, 0.2) is 0 Å². The van der Waals surface area contributed by atoms with Crippen molar-refractivity contribution < 1.29 is 19.1 Å². The quantitative estimate of drug-likeness (QED) is 0.658. The van der Waals surface area contributed by atoms with Crippen LogP contribution in [0.25, 0.3) is 0 Å². The molecule has 1 unspecified atom stereocenters. The van der Waals surface area contributed by atoms with Crippen LogP contribution >= 0.6 is 0 Å². The average Bonchev–Trinajstić information content (AvgIpc) is 2.75. The first kappa shape index (κ1) is 13.8. The highest BCUT2D eigenvalue weighted by Crippen LogP contribution is 2.20. The lowest BCUT2D eigenvalue weighted by atomic mass is 10.1. The SMILES string of the molecule is COc1ncccc1NC(=O)CCC1NC(=O)NC1=O. The number of hydrogen-bond acceptors (Lipinski definition) is 5. The van der Waals surface area contributed by atoms with Crippen LogP contribution in [0.5, 0.6) is 5.88 Å². The Kier molecular flexibility index (Phi) is 4.14. The van der Waals surface area contributed by atoms with Gasteiger partial charge in [0.2, 0.25) is 11.8 Å². The molecule has 3 N–H and O–H groups in total. The summed E-state index contributed by atoms with van der Waals surface area (Å²) in [4.78, 5) is 38.0. The zero-order valence-corrected chi connectivity index (χ0v) is 10.8. The van der Waals surface area contributed by atoms with E-state index in [2.05, 4.69) is 20.9 Å². The number of nitrogens with zero attached hydrogens (tertiary/aromatic N) is 1. The molecule has 8 heteroatoms. The number of aromatic nitrogens is 1. The minimum absolute atomic E-state index is 0.0937. The molecule has 1 aromatic rings. The van der Waals surface area contributed by atoms with Crippen molar-refractivity contribution in [2.75, 3.05) is 12.4 Å². The van der Waals surface area contributed by atoms with Crippen LogP contribution in [-0.2, 0) is 9.59 Å². The number of imide groups is 1. The molecular formula is C12H14N4O4. The number of urea groups is 1. The van der Waals surface area contributed by atoms with Crippen molar-refractivity contribution >= 4 is 23.5 Å². The minimum atomic E-state index is -0.663. The second-order valence-corrected chi connectivity index (χ2v) is 4.16. The fourth-order valence-corrected chi connectivity index (χ4v) is 1.80. The molecule has 106 valence electrons. The van der Waals surface area contributed by atoms with Crippen LogP contribution in [-0.4, -0.2) is 36.0 Å². The summed E-state index contributed by atoms with van der Waals surface area (Å²) in [5, 5.41) is 7.18. The number of carbonyl (C=O) groups is 3. The number of hydrogen-bond donors (Lipinski definition) is 3. The van der Waals surface area contributed by atoms with Crippen LogP contribution in [0, 0.1) is 0 Å². The summed E-state index contributed by atoms with van der Waals surface area (Å²) in [6.45, 7) is 0. The van der Waals surface area contributed by atoms with Crippen molar-refractivity contribution in [3.8, 4) is 5.88 Å². The highest BCUT2D eigenvalue weighted by molar-refractivity contribution is 6.04. The van der Waals surface area contributed by atoms with Crippen LogP contribution in [0.3, 0.4) is 0 Å². The predicted octanol–water partition coefficient (Wildman–Crippen LogP) is 0.0169. The highest BCUT2D eigenvalue weighted by Gasteiger charge is 2.29. The second-order valence-electron chi connectivity index (χ2n) is 4.16. The van der Waals surface area contributed by atoms with Crippen LogP contribution in [0.1, 0.15) is 12.8 Å². The fraction of sp³-hybridized carbons (Fsp3) is 0.333. The Bertz CT molecular complexity index is 546. The van der Waals surface area contributed by atoms with E-state index in [9.17, 15) is 14.4 Å². The summed E-state index contributed by atoms with van der Waals surface area (Å²) in [5.74, 6) is -0.389. The van der Waals surface area contributed by atoms with E-state index < -0.39 is 18.0 Å². The zero-order chi connectivity index (χ0) is 14.5. The lowest BCUT2D eigenvalue weighted by molar-refractivity contribution is -0.120. The number of methoxy groups -OCH3 is 1. The lowest BCUT2D eigenvalue weighted by Gasteiger charge is -2.10. The molecule has 8 nitrogen and oxygen atoms in total. The maximum atomic E-state index is 11.8. The van der Waals surface area contributed by atoms with Crippen LogP contribution < -0.4 is 20.7 Å². The van der Waals surface area contributed by atoms with Gasteiger partial charge in [-0.05, 0) is 18.6 Å². The Morgan fingerprint density at radius 2 is 2.30 bits per heavy atom. The molecule has 2 rings (SSSR count). The van der Waals surface area contributed by atoms with Crippen molar-refractivity contribution in [1.29, 1.82) is 0 Å². The largest absolute Gasteiger partial charge is 0.480 e. The number of amides is 4. The van der Waals surface area contributed by atoms with Crippen molar-refractivity contribution in [2.24, 2.45) is 0 Å². The van der Waals surface area contributed by atoms with E-state index in [1.807, 2.05) is 0 Å². The van der Waals surface area contributed by atoms with Crippen molar-refractivity contribution in [3.63, 3.8) is 0 Å². The molecule has 2 heterocycles. The van der Waals surface area contributed by atoms with Gasteiger partial charge in [-0.3, -0.25) is 14.9 Å². The van der Waals surface area contributed by atoms with Gasteiger partial charge in [-0.25, -0.2) is 9.78 Å². The maximum absolute atomic E-state index is 11.8. The topological polar surface area (TPSA) is 109 Å². The predicted molar refractivity (Wildman–Crippen MR) is 69.1 cm³/mol. The summed E-state index contributed by atoms with van der Waals surface area (Å²) < 4.78 is 5.01. The Morgan fingerprint density at radius 3 is 2.95 bits per heavy atom. The molecule has 0 saturated carbocycles. The van der Waals surface area contributed by atoms with E-state index in [0.29, 0.717) is 11.6 Å². The first-order valence-corrected chi connectivity index (χ1v) is 6.00. The Labute approximate surface area is 114 Å². The second kappa shape index (κ2) is 6.00. The van der Waals surface area contributed by atoms with E-state index in [1.54, 1.807) is 18.3 Å². The molecule has 0 aromatic carbocycles. The first-order chi connectivity index (χ1) is 9.60. The number of nitrogens with one attached hydrogen (secondary N) is 3. The van der Waals surface area contributed by atoms with Gasteiger partial charge in [0.05, 0.1) is 7.11 Å². The number of pyridine rings is 1. The molecular weight excluding hydrogens is 264 g/mol. The number of anilines is 1. The first-order valence-electron chi connectivity index (χ1n) is 6.00. The van der Waals surface area contributed by atoms with Gasteiger partial charge in [0.25, 0.3) is 5.91 Å². The maximum Gasteiger partial charge on any atom is 0.322 e. The van der Waals surface area contributed by atoms with Gasteiger partial charge >= 0.3 is 6.03 Å². The fourth-order valence-electron chi connectivity index (χ4n) is 1.80. The van der Waals surface area contributed by atoms with E-state index in [1.165, 1.54) is 7.11 Å². The third-order valence-corrected chi connectivity index (χ3v) is 2.76. The molecule has 1 aromatic heterocycles. The normalized spacial score (nSPS) is 17.4. The van der Waals surface area contributed by atoms with Crippen molar-refractivity contribution in [3.05, 3.63) is 18.3 Å². The molecule has 1 atom stereocenters. The summed E-state index contributed by atoms with van der Waals surface area (Å²) in [6, 6.07) is 2.13. The molecule has 0 radical (unpaired) electrons. The van der Waals surface area contributed by atoms with Gasteiger partial charge in [-0.1, -0.05) is 0 Å². The monoisotopic (exact) mass is 278 g/mol. The van der Waals surface area contributed by atoms with Crippen molar-refractivity contribution in [1.82, 2.24) is 15.6 Å². The Morgan fingerprint density at radius 1 is 1.50 bits per heavy atom. The van der Waals surface area contributed by atoms with E-state index in [4.69, 9.17) is 4.74 Å². The average molecular weight is 278 g/mol. The van der Waals surface area contributed by atoms with Crippen LogP contribution in [0.2, 0.25) is 0 Å². The molecule has 20 heavy (non-hydrogen) atoms. The van der Waals surface area contributed by atoms with Crippen LogP contribution in [0.15, 0.2) is 18.3 Å². The van der Waals surface area contributed by atoms with Gasteiger partial charge in [0, 0.05) is 12.6 Å². The number of rotatable bonds is 5. The van der Waals surface area contributed by atoms with Gasteiger partial charge in [-0.2, -0.15) is 0 Å². The Balaban J connectivity index is 1.87. The highest BCUT2D eigenvalue weighted by atomic mass is 16.5. The van der Waals surface area contributed by atoms with Gasteiger partial charge < -0.3 is 15.4 Å². The third kappa shape index (κ3) is 3.22. The van der Waals surface area contributed by atoms with Gasteiger partial charge in [-0.15, -0.1) is 0 Å². The lowest BCUT2D eigenvalue weighted by Crippen LogP contribution is -2.30. The van der Waals surface area contributed by atoms with Gasteiger partial charge in [0.1, 0.15) is 11.7 Å². The summed E-state index contributed by atoms with van der Waals surface area (Å²) in [7, 11) is 1.45.